The van der Waals surface area contributed by atoms with Crippen molar-refractivity contribution in [3.05, 3.63) is 0 Å². The third kappa shape index (κ3) is 64.1. The monoisotopic (exact) mass is 134 g/mol. The fourth-order valence-electron chi connectivity index (χ4n) is 0. The van der Waals surface area contributed by atoms with Gasteiger partial charge in [-0.25, -0.2) is 0 Å². The van der Waals surface area contributed by atoms with E-state index in [2.05, 4.69) is 0 Å². The number of carboxylic acid groups (broad SMARTS) is 1. The van der Waals surface area contributed by atoms with Crippen LogP contribution in [0.1, 0.15) is 6.92 Å². The van der Waals surface area contributed by atoms with Crippen LogP contribution in [0.4, 0.5) is 0 Å². The molecule has 0 aromatic heterocycles. The molecule has 0 saturated carbocycles. The van der Waals surface area contributed by atoms with Crippen LogP contribution in [0.25, 0.3) is 0 Å². The molecule has 0 amide bonds. The van der Waals surface area contributed by atoms with Crippen LogP contribution in [0.15, 0.2) is 0 Å². The molecule has 0 aliphatic heterocycles. The molecule has 0 rings (SSSR count). The Morgan fingerprint density at radius 2 is 1.43 bits per heavy atom. The Hall–Kier alpha value is 2.24. The number of hydrogen-bond donors (Lipinski definition) is 1. The minimum atomic E-state index is -0.833. The van der Waals surface area contributed by atoms with Crippen LogP contribution < -0.4 is 0 Å². The van der Waals surface area contributed by atoms with E-state index in [-0.39, 0.29) is 82.2 Å². The zero-order valence-electron chi connectivity index (χ0n) is 2.36. The maximum atomic E-state index is 9.00. The van der Waals surface area contributed by atoms with Gasteiger partial charge in [0.2, 0.25) is 0 Å². The molecule has 0 atom stereocenters. The van der Waals surface area contributed by atoms with Crippen LogP contribution >= 0.6 is 0 Å². The van der Waals surface area contributed by atoms with E-state index in [0.29, 0.717) is 0 Å². The molecule has 7 heavy (non-hydrogen) atoms. The van der Waals surface area contributed by atoms with Crippen LogP contribution in [0.3, 0.4) is 0 Å². The van der Waals surface area contributed by atoms with Gasteiger partial charge < -0.3 is 5.11 Å². The van der Waals surface area contributed by atoms with Crippen LogP contribution in [-0.2, 0) is 4.79 Å². The van der Waals surface area contributed by atoms with Crippen molar-refractivity contribution >= 4 is 88.1 Å². The van der Waals surface area contributed by atoms with E-state index in [4.69, 9.17) is 9.90 Å². The molecule has 0 unspecified atom stereocenters. The van der Waals surface area contributed by atoms with E-state index in [9.17, 15) is 0 Å². The normalized spacial score (nSPS) is 3.57. The van der Waals surface area contributed by atoms with Crippen LogP contribution in [0, 0.1) is 0 Å². The van der Waals surface area contributed by atoms with Crippen LogP contribution in [-0.4, -0.2) is 93.2 Å². The van der Waals surface area contributed by atoms with Crippen molar-refractivity contribution in [3.8, 4) is 0 Å². The summed E-state index contributed by atoms with van der Waals surface area (Å²) in [5, 5.41) is 7.42. The van der Waals surface area contributed by atoms with Crippen molar-refractivity contribution in [3.63, 3.8) is 0 Å². The van der Waals surface area contributed by atoms with Gasteiger partial charge in [-0.15, -0.1) is 0 Å². The summed E-state index contributed by atoms with van der Waals surface area (Å²) in [6, 6.07) is 0. The van der Waals surface area contributed by atoms with Crippen molar-refractivity contribution in [2.24, 2.45) is 0 Å². The van der Waals surface area contributed by atoms with Gasteiger partial charge in [0.1, 0.15) is 0 Å². The predicted octanol–water partition coefficient (Wildman–Crippen LogP) is -2.12. The molecule has 0 aliphatic carbocycles. The summed E-state index contributed by atoms with van der Waals surface area (Å²) < 4.78 is 0. The van der Waals surface area contributed by atoms with Gasteiger partial charge in [-0.1, -0.05) is 0 Å². The van der Waals surface area contributed by atoms with Crippen LogP contribution in [0.5, 0.6) is 0 Å². The molecule has 1 N–H and O–H groups in total. The predicted molar refractivity (Wildman–Crippen MR) is 36.2 cm³/mol. The van der Waals surface area contributed by atoms with Gasteiger partial charge >= 0.3 is 82.2 Å². The molecule has 0 heterocycles. The van der Waals surface area contributed by atoms with E-state index >= 15 is 0 Å². The van der Waals surface area contributed by atoms with Crippen molar-refractivity contribution < 1.29 is 9.90 Å². The summed E-state index contributed by atoms with van der Waals surface area (Å²) in [7, 11) is 0. The molecule has 0 spiro atoms. The SMILES string of the molecule is CC(=O)O.[MgH2].[NaH].[NaH]. The summed E-state index contributed by atoms with van der Waals surface area (Å²) in [5.74, 6) is -0.833. The molecule has 0 aromatic carbocycles. The first-order valence-corrected chi connectivity index (χ1v) is 0.928. The Labute approximate surface area is 103 Å². The summed E-state index contributed by atoms with van der Waals surface area (Å²) in [6.45, 7) is 1.08. The van der Waals surface area contributed by atoms with E-state index in [1.54, 1.807) is 0 Å². The Balaban J connectivity index is -0.0000000150. The zero-order valence-corrected chi connectivity index (χ0v) is 2.36. The van der Waals surface area contributed by atoms with Gasteiger partial charge in [-0.3, -0.25) is 4.79 Å². The van der Waals surface area contributed by atoms with Gasteiger partial charge in [0.05, 0.1) is 0 Å². The molecular formula is C2H8MgNa2O2. The Morgan fingerprint density at radius 3 is 1.43 bits per heavy atom. The molecule has 5 heteroatoms. The fourth-order valence-corrected chi connectivity index (χ4v) is 0. The molecule has 2 nitrogen and oxygen atoms in total. The summed E-state index contributed by atoms with van der Waals surface area (Å²) >= 11 is 0. The van der Waals surface area contributed by atoms with Gasteiger partial charge in [0.15, 0.2) is 0 Å². The quantitative estimate of drug-likeness (QED) is 0.385. The van der Waals surface area contributed by atoms with E-state index < -0.39 is 5.97 Å². The number of rotatable bonds is 0. The minimum absolute atomic E-state index is 0. The molecule has 0 fully saturated rings. The second-order valence-electron chi connectivity index (χ2n) is 0.519. The Kier molecular flexibility index (Phi) is 51.3. The third-order valence-electron chi connectivity index (χ3n) is 0. The molecule has 0 saturated heterocycles. The van der Waals surface area contributed by atoms with Gasteiger partial charge in [0, 0.05) is 6.92 Å². The number of carbonyl (C=O) groups is 1. The van der Waals surface area contributed by atoms with Crippen molar-refractivity contribution in [2.45, 2.75) is 6.92 Å². The van der Waals surface area contributed by atoms with Crippen molar-refractivity contribution in [2.75, 3.05) is 0 Å². The zero-order chi connectivity index (χ0) is 3.58. The Morgan fingerprint density at radius 1 is 1.43 bits per heavy atom. The second-order valence-corrected chi connectivity index (χ2v) is 0.519. The van der Waals surface area contributed by atoms with Gasteiger partial charge in [0.25, 0.3) is 5.97 Å². The van der Waals surface area contributed by atoms with E-state index in [0.717, 1.165) is 6.92 Å². The fraction of sp³-hybridized carbons (Fsp3) is 0.500. The topological polar surface area (TPSA) is 37.3 Å². The first-order valence-electron chi connectivity index (χ1n) is 0.928. The third-order valence-corrected chi connectivity index (χ3v) is 0. The molecule has 0 aromatic rings. The molecule has 32 valence electrons. The molecule has 0 aliphatic rings. The van der Waals surface area contributed by atoms with E-state index in [1.165, 1.54) is 0 Å². The number of hydrogen-bond acceptors (Lipinski definition) is 1. The number of aliphatic carboxylic acids is 1. The van der Waals surface area contributed by atoms with Crippen LogP contribution in [0.2, 0.25) is 0 Å². The standard InChI is InChI=1S/C2H4O2.Mg.2Na.4H/c1-2(3)4;;;;;;;/h1H3,(H,3,4);;;;;;;. The summed E-state index contributed by atoms with van der Waals surface area (Å²) in [5.41, 5.74) is 0. The Bertz CT molecular complexity index is 36.7. The second kappa shape index (κ2) is 15.7. The van der Waals surface area contributed by atoms with Crippen molar-refractivity contribution in [1.29, 1.82) is 0 Å². The molecule has 0 radical (unpaired) electrons. The van der Waals surface area contributed by atoms with E-state index in [1.807, 2.05) is 0 Å². The molecule has 0 bridgehead atoms. The molecular weight excluding hydrogens is 126 g/mol. The average molecular weight is 134 g/mol. The maximum absolute atomic E-state index is 9.00. The van der Waals surface area contributed by atoms with Crippen molar-refractivity contribution in [1.82, 2.24) is 0 Å². The van der Waals surface area contributed by atoms with Gasteiger partial charge in [-0.2, -0.15) is 0 Å². The first-order chi connectivity index (χ1) is 1.73. The number of carboxylic acids is 1. The summed E-state index contributed by atoms with van der Waals surface area (Å²) in [6.07, 6.45) is 0. The summed E-state index contributed by atoms with van der Waals surface area (Å²) in [4.78, 5) is 9.00. The van der Waals surface area contributed by atoms with Gasteiger partial charge in [-0.05, 0) is 0 Å². The average Bonchev–Trinajstić information content (AvgIpc) is 0.811. The first kappa shape index (κ1) is 22.9.